The Hall–Kier alpha value is -0.0451. The molecule has 1 aromatic heterocycles. The number of aromatic nitrogens is 2. The Morgan fingerprint density at radius 1 is 1.33 bits per heavy atom. The van der Waals surface area contributed by atoms with E-state index >= 15 is 0 Å². The molecule has 0 saturated carbocycles. The van der Waals surface area contributed by atoms with Gasteiger partial charge >= 0.3 is 7.05 Å². The lowest BCUT2D eigenvalue weighted by Crippen LogP contribution is -2.54. The van der Waals surface area contributed by atoms with Gasteiger partial charge < -0.3 is 15.2 Å². The van der Waals surface area contributed by atoms with Crippen molar-refractivity contribution in [3.05, 3.63) is 16.4 Å². The van der Waals surface area contributed by atoms with E-state index in [1.54, 1.807) is 17.8 Å². The van der Waals surface area contributed by atoms with Crippen LogP contribution in [0.15, 0.2) is 11.0 Å². The average Bonchev–Trinajstić information content (AvgIpc) is 2.82. The minimum atomic E-state index is -0.314. The van der Waals surface area contributed by atoms with Crippen LogP contribution in [0.5, 0.6) is 0 Å². The van der Waals surface area contributed by atoms with Crippen molar-refractivity contribution in [2.75, 3.05) is 12.3 Å². The molecule has 9 heteroatoms. The lowest BCUT2D eigenvalue weighted by atomic mass is 9.78. The van der Waals surface area contributed by atoms with Crippen molar-refractivity contribution in [3.63, 3.8) is 0 Å². The van der Waals surface area contributed by atoms with Crippen LogP contribution in [0.2, 0.25) is 17.1 Å². The van der Waals surface area contributed by atoms with Gasteiger partial charge in [0, 0.05) is 23.0 Å². The molecule has 3 atom stereocenters. The second-order valence-corrected chi connectivity index (χ2v) is 8.49. The summed E-state index contributed by atoms with van der Waals surface area (Å²) < 4.78 is 0. The zero-order valence-corrected chi connectivity index (χ0v) is 16.1. The maximum absolute atomic E-state index is 9.91. The summed E-state index contributed by atoms with van der Waals surface area (Å²) in [5.41, 5.74) is 0. The topological polar surface area (TPSA) is 61.3 Å². The smallest absolute Gasteiger partial charge is 0.376 e. The van der Waals surface area contributed by atoms with Crippen molar-refractivity contribution in [2.45, 2.75) is 61.9 Å². The van der Waals surface area contributed by atoms with Crippen LogP contribution in [0.4, 0.5) is 0 Å². The van der Waals surface area contributed by atoms with E-state index in [-0.39, 0.29) is 7.05 Å². The van der Waals surface area contributed by atoms with Crippen LogP contribution in [0, 0.1) is 0 Å². The Kier molecular flexibility index (Phi) is 6.68. The van der Waals surface area contributed by atoms with Crippen LogP contribution in [0.3, 0.4) is 0 Å². The number of halogens is 2. The van der Waals surface area contributed by atoms with Crippen LogP contribution in [0.25, 0.3) is 0 Å². The molecule has 1 aromatic rings. The van der Waals surface area contributed by atoms with Gasteiger partial charge in [-0.2, -0.15) is 0 Å². The van der Waals surface area contributed by atoms with E-state index in [4.69, 9.17) is 23.2 Å². The Bertz CT molecular complexity index is 554. The highest BCUT2D eigenvalue weighted by atomic mass is 35.5. The van der Waals surface area contributed by atoms with E-state index in [0.717, 1.165) is 36.5 Å². The van der Waals surface area contributed by atoms with Gasteiger partial charge in [-0.25, -0.2) is 0 Å². The molecular formula is C15H23BCl2N4OS. The summed E-state index contributed by atoms with van der Waals surface area (Å²) >= 11 is 13.5. The average molecular weight is 389 g/mol. The van der Waals surface area contributed by atoms with Gasteiger partial charge in [-0.3, -0.25) is 0 Å². The molecule has 3 heterocycles. The molecule has 2 aliphatic heterocycles. The largest absolute Gasteiger partial charge is 0.437 e. The summed E-state index contributed by atoms with van der Waals surface area (Å²) in [4.78, 5) is 3.19. The van der Waals surface area contributed by atoms with Gasteiger partial charge in [0.25, 0.3) is 0 Å². The molecule has 2 bridgehead atoms. The fourth-order valence-electron chi connectivity index (χ4n) is 3.99. The first-order valence-electron chi connectivity index (χ1n) is 8.55. The van der Waals surface area contributed by atoms with Gasteiger partial charge in [0.15, 0.2) is 10.3 Å². The second kappa shape index (κ2) is 8.56. The Balaban J connectivity index is 1.37. The molecule has 24 heavy (non-hydrogen) atoms. The SMILES string of the molecule is CB(O)N1[C@@H]2CC[C@H]1CC(NCCCSc1cc(Cl)nnc1Cl)C2. The summed E-state index contributed by atoms with van der Waals surface area (Å²) in [6.07, 6.45) is 5.79. The lowest BCUT2D eigenvalue weighted by Gasteiger charge is -2.40. The Morgan fingerprint density at radius 3 is 2.71 bits per heavy atom. The molecule has 2 aliphatic rings. The van der Waals surface area contributed by atoms with Gasteiger partial charge in [-0.15, -0.1) is 22.0 Å². The standard InChI is InChI=1S/C15H23BCl2N4OS/c1-16(23)22-11-3-4-12(22)8-10(7-11)19-5-2-6-24-13-9-14(17)20-21-15(13)18/h9-12,19,23H,2-8H2,1H3/t10?,11-,12+. The van der Waals surface area contributed by atoms with Crippen molar-refractivity contribution in [1.82, 2.24) is 20.3 Å². The summed E-state index contributed by atoms with van der Waals surface area (Å²) in [5.74, 6) is 0.966. The van der Waals surface area contributed by atoms with Crippen LogP contribution in [-0.2, 0) is 0 Å². The van der Waals surface area contributed by atoms with Gasteiger partial charge in [-0.05, 0) is 57.3 Å². The van der Waals surface area contributed by atoms with Crippen molar-refractivity contribution in [3.8, 4) is 0 Å². The molecule has 5 nitrogen and oxygen atoms in total. The minimum Gasteiger partial charge on any atom is -0.437 e. The van der Waals surface area contributed by atoms with Gasteiger partial charge in [-0.1, -0.05) is 23.2 Å². The van der Waals surface area contributed by atoms with Crippen molar-refractivity contribution in [2.24, 2.45) is 0 Å². The molecule has 0 amide bonds. The molecule has 2 fully saturated rings. The fraction of sp³-hybridized carbons (Fsp3) is 0.733. The van der Waals surface area contributed by atoms with Crippen molar-refractivity contribution < 1.29 is 5.02 Å². The van der Waals surface area contributed by atoms with Gasteiger partial charge in [0.05, 0.1) is 0 Å². The first-order chi connectivity index (χ1) is 11.5. The number of hydrogen-bond donors (Lipinski definition) is 2. The molecule has 0 aliphatic carbocycles. The summed E-state index contributed by atoms with van der Waals surface area (Å²) in [5, 5.41) is 21.9. The molecule has 2 N–H and O–H groups in total. The lowest BCUT2D eigenvalue weighted by molar-refractivity contribution is 0.185. The second-order valence-electron chi connectivity index (χ2n) is 6.61. The van der Waals surface area contributed by atoms with Crippen LogP contribution in [0.1, 0.15) is 32.1 Å². The molecule has 2 saturated heterocycles. The molecule has 0 aromatic carbocycles. The highest BCUT2D eigenvalue weighted by Gasteiger charge is 2.43. The predicted octanol–water partition coefficient (Wildman–Crippen LogP) is 2.96. The maximum atomic E-state index is 9.91. The Labute approximate surface area is 158 Å². The molecule has 1 unspecified atom stereocenters. The third-order valence-electron chi connectivity index (χ3n) is 4.92. The fourth-order valence-corrected chi connectivity index (χ4v) is 5.32. The third-order valence-corrected chi connectivity index (χ3v) is 6.61. The quantitative estimate of drug-likeness (QED) is 0.425. The molecular weight excluding hydrogens is 366 g/mol. The zero-order chi connectivity index (χ0) is 17.1. The number of nitrogens with zero attached hydrogens (tertiary/aromatic N) is 3. The first-order valence-corrected chi connectivity index (χ1v) is 10.3. The summed E-state index contributed by atoms with van der Waals surface area (Å²) in [6.45, 7) is 2.89. The molecule has 132 valence electrons. The molecule has 3 rings (SSSR count). The number of fused-ring (bicyclic) bond motifs is 2. The van der Waals surface area contributed by atoms with Crippen molar-refractivity contribution >= 4 is 42.0 Å². The van der Waals surface area contributed by atoms with E-state index in [1.807, 2.05) is 6.82 Å². The zero-order valence-electron chi connectivity index (χ0n) is 13.8. The molecule has 0 radical (unpaired) electrons. The van der Waals surface area contributed by atoms with E-state index in [9.17, 15) is 5.02 Å². The number of thioether (sulfide) groups is 1. The summed E-state index contributed by atoms with van der Waals surface area (Å²) in [7, 11) is -0.314. The highest BCUT2D eigenvalue weighted by Crippen LogP contribution is 2.36. The minimum absolute atomic E-state index is 0.314. The van der Waals surface area contributed by atoms with Crippen LogP contribution < -0.4 is 5.32 Å². The monoisotopic (exact) mass is 388 g/mol. The highest BCUT2D eigenvalue weighted by molar-refractivity contribution is 7.99. The van der Waals surface area contributed by atoms with Gasteiger partial charge in [0.1, 0.15) is 0 Å². The summed E-state index contributed by atoms with van der Waals surface area (Å²) in [6, 6.07) is 3.42. The normalized spacial score (nSPS) is 26.8. The Morgan fingerprint density at radius 2 is 2.04 bits per heavy atom. The van der Waals surface area contributed by atoms with E-state index in [1.165, 1.54) is 12.8 Å². The van der Waals surface area contributed by atoms with E-state index in [2.05, 4.69) is 20.3 Å². The third kappa shape index (κ3) is 4.56. The maximum Gasteiger partial charge on any atom is 0.376 e. The predicted molar refractivity (Wildman–Crippen MR) is 101 cm³/mol. The number of rotatable bonds is 7. The van der Waals surface area contributed by atoms with Crippen LogP contribution >= 0.6 is 35.0 Å². The van der Waals surface area contributed by atoms with Crippen LogP contribution in [-0.4, -0.2) is 57.5 Å². The number of hydrogen-bond acceptors (Lipinski definition) is 6. The molecule has 0 spiro atoms. The van der Waals surface area contributed by atoms with E-state index < -0.39 is 0 Å². The van der Waals surface area contributed by atoms with Crippen molar-refractivity contribution in [1.29, 1.82) is 0 Å². The number of piperidine rings is 1. The van der Waals surface area contributed by atoms with E-state index in [0.29, 0.717) is 28.4 Å². The number of nitrogens with one attached hydrogen (secondary N) is 1. The van der Waals surface area contributed by atoms with Gasteiger partial charge in [0.2, 0.25) is 0 Å². The first kappa shape index (κ1) is 18.7.